The number of carbonyl (C=O) groups excluding carboxylic acids is 1. The Morgan fingerprint density at radius 3 is 2.50 bits per heavy atom. The minimum absolute atomic E-state index is 0.0812. The monoisotopic (exact) mass is 222 g/mol. The van der Waals surface area contributed by atoms with Crippen LogP contribution in [0.2, 0.25) is 0 Å². The number of aromatic nitrogens is 2. The first kappa shape index (κ1) is 10.5. The van der Waals surface area contributed by atoms with Crippen LogP contribution >= 0.6 is 0 Å². The molecule has 82 valence electrons. The van der Waals surface area contributed by atoms with E-state index in [0.29, 0.717) is 5.56 Å². The molecule has 0 aliphatic carbocycles. The highest BCUT2D eigenvalue weighted by molar-refractivity contribution is 5.94. The maximum atomic E-state index is 12.8. The van der Waals surface area contributed by atoms with Crippen molar-refractivity contribution in [3.63, 3.8) is 0 Å². The van der Waals surface area contributed by atoms with Crippen molar-refractivity contribution < 1.29 is 13.6 Å². The Labute approximate surface area is 90.1 Å². The van der Waals surface area contributed by atoms with Crippen molar-refractivity contribution in [3.05, 3.63) is 53.6 Å². The summed E-state index contributed by atoms with van der Waals surface area (Å²) < 4.78 is 25.7. The highest BCUT2D eigenvalue weighted by Gasteiger charge is 2.10. The van der Waals surface area contributed by atoms with Crippen LogP contribution in [0.25, 0.3) is 0 Å². The third-order valence-corrected chi connectivity index (χ3v) is 2.05. The van der Waals surface area contributed by atoms with Crippen molar-refractivity contribution in [2.75, 3.05) is 0 Å². The molecule has 0 bridgehead atoms. The molecule has 1 aromatic heterocycles. The van der Waals surface area contributed by atoms with Gasteiger partial charge in [0.05, 0.1) is 0 Å². The first-order valence-corrected chi connectivity index (χ1v) is 4.63. The first-order chi connectivity index (χ1) is 7.65. The molecule has 0 saturated heterocycles. The van der Waals surface area contributed by atoms with Crippen molar-refractivity contribution in [2.45, 2.75) is 6.42 Å². The van der Waals surface area contributed by atoms with Crippen LogP contribution in [0.15, 0.2) is 30.6 Å². The van der Waals surface area contributed by atoms with Gasteiger partial charge in [-0.1, -0.05) is 0 Å². The summed E-state index contributed by atoms with van der Waals surface area (Å²) in [6, 6.07) is 3.02. The highest BCUT2D eigenvalue weighted by Crippen LogP contribution is 2.10. The number of hydrogen-bond acceptors (Lipinski definition) is 2. The molecule has 0 atom stereocenters. The molecule has 0 saturated carbocycles. The molecule has 5 heteroatoms. The second-order valence-corrected chi connectivity index (χ2v) is 3.32. The van der Waals surface area contributed by atoms with Gasteiger partial charge in [-0.05, 0) is 17.7 Å². The van der Waals surface area contributed by atoms with Crippen molar-refractivity contribution in [3.8, 4) is 0 Å². The quantitative estimate of drug-likeness (QED) is 0.808. The molecule has 1 aromatic carbocycles. The average molecular weight is 222 g/mol. The van der Waals surface area contributed by atoms with Crippen LogP contribution in [0, 0.1) is 11.6 Å². The maximum Gasteiger partial charge on any atom is 0.202 e. The number of ketones is 1. The average Bonchev–Trinajstić information content (AvgIpc) is 2.68. The van der Waals surface area contributed by atoms with Gasteiger partial charge in [-0.3, -0.25) is 4.79 Å². The molecule has 0 spiro atoms. The summed E-state index contributed by atoms with van der Waals surface area (Å²) in [6.07, 6.45) is 2.88. The topological polar surface area (TPSA) is 45.8 Å². The molecule has 0 amide bonds. The zero-order valence-electron chi connectivity index (χ0n) is 8.21. The van der Waals surface area contributed by atoms with Crippen molar-refractivity contribution in [1.82, 2.24) is 9.97 Å². The molecule has 0 radical (unpaired) electrons. The Bertz CT molecular complexity index is 488. The van der Waals surface area contributed by atoms with Crippen molar-refractivity contribution in [2.24, 2.45) is 0 Å². The summed E-state index contributed by atoms with van der Waals surface area (Å²) >= 11 is 0. The Balaban J connectivity index is 2.18. The summed E-state index contributed by atoms with van der Waals surface area (Å²) in [6.45, 7) is 0. The number of imidazole rings is 1. The van der Waals surface area contributed by atoms with E-state index in [1.807, 2.05) is 0 Å². The predicted octanol–water partition coefficient (Wildman–Crippen LogP) is 2.11. The van der Waals surface area contributed by atoms with Gasteiger partial charge in [-0.15, -0.1) is 0 Å². The fraction of sp³-hybridized carbons (Fsp3) is 0.0909. The van der Waals surface area contributed by atoms with Crippen LogP contribution in [0.5, 0.6) is 0 Å². The van der Waals surface area contributed by atoms with Gasteiger partial charge in [-0.2, -0.15) is 0 Å². The van der Waals surface area contributed by atoms with E-state index in [1.165, 1.54) is 12.4 Å². The van der Waals surface area contributed by atoms with E-state index < -0.39 is 11.6 Å². The van der Waals surface area contributed by atoms with Crippen LogP contribution in [0.3, 0.4) is 0 Å². The molecule has 1 heterocycles. The molecule has 0 aliphatic heterocycles. The van der Waals surface area contributed by atoms with E-state index in [0.717, 1.165) is 18.2 Å². The third kappa shape index (κ3) is 2.31. The number of H-pyrrole nitrogens is 1. The van der Waals surface area contributed by atoms with Crippen LogP contribution in [-0.2, 0) is 6.42 Å². The van der Waals surface area contributed by atoms with Gasteiger partial charge < -0.3 is 4.98 Å². The van der Waals surface area contributed by atoms with Gasteiger partial charge >= 0.3 is 0 Å². The molecule has 16 heavy (non-hydrogen) atoms. The minimum Gasteiger partial charge on any atom is -0.342 e. The summed E-state index contributed by atoms with van der Waals surface area (Å²) in [7, 11) is 0. The number of halogens is 2. The summed E-state index contributed by atoms with van der Waals surface area (Å²) in [5, 5.41) is 0. The standard InChI is InChI=1S/C11H8F2N2O/c12-8-3-7(4-9(13)6-8)5-10(16)11-14-1-2-15-11/h1-4,6H,5H2,(H,14,15). The van der Waals surface area contributed by atoms with Gasteiger partial charge in [0, 0.05) is 24.9 Å². The number of nitrogens with one attached hydrogen (secondary N) is 1. The zero-order chi connectivity index (χ0) is 11.5. The lowest BCUT2D eigenvalue weighted by Crippen LogP contribution is -2.06. The highest BCUT2D eigenvalue weighted by atomic mass is 19.1. The van der Waals surface area contributed by atoms with Crippen LogP contribution < -0.4 is 0 Å². The van der Waals surface area contributed by atoms with Crippen molar-refractivity contribution >= 4 is 5.78 Å². The lowest BCUT2D eigenvalue weighted by atomic mass is 10.1. The number of benzene rings is 1. The Morgan fingerprint density at radius 1 is 1.25 bits per heavy atom. The van der Waals surface area contributed by atoms with E-state index in [-0.39, 0.29) is 18.0 Å². The molecule has 2 rings (SSSR count). The third-order valence-electron chi connectivity index (χ3n) is 2.05. The number of hydrogen-bond donors (Lipinski definition) is 1. The van der Waals surface area contributed by atoms with Gasteiger partial charge in [-0.25, -0.2) is 13.8 Å². The normalized spacial score (nSPS) is 10.4. The largest absolute Gasteiger partial charge is 0.342 e. The van der Waals surface area contributed by atoms with E-state index in [9.17, 15) is 13.6 Å². The SMILES string of the molecule is O=C(Cc1cc(F)cc(F)c1)c1ncc[nH]1. The Morgan fingerprint density at radius 2 is 1.94 bits per heavy atom. The molecule has 0 unspecified atom stereocenters. The van der Waals surface area contributed by atoms with Crippen LogP contribution in [0.4, 0.5) is 8.78 Å². The summed E-state index contributed by atoms with van der Waals surface area (Å²) in [5.41, 5.74) is 0.291. The smallest absolute Gasteiger partial charge is 0.202 e. The summed E-state index contributed by atoms with van der Waals surface area (Å²) in [4.78, 5) is 18.0. The maximum absolute atomic E-state index is 12.8. The molecule has 2 aromatic rings. The molecular weight excluding hydrogens is 214 g/mol. The number of carbonyl (C=O) groups is 1. The number of nitrogens with zero attached hydrogens (tertiary/aromatic N) is 1. The fourth-order valence-corrected chi connectivity index (χ4v) is 1.40. The van der Waals surface area contributed by atoms with Gasteiger partial charge in [0.15, 0.2) is 5.82 Å². The van der Waals surface area contributed by atoms with Crippen LogP contribution in [0.1, 0.15) is 16.2 Å². The number of rotatable bonds is 3. The minimum atomic E-state index is -0.692. The van der Waals surface area contributed by atoms with Gasteiger partial charge in [0.25, 0.3) is 0 Å². The van der Waals surface area contributed by atoms with Gasteiger partial charge in [0.2, 0.25) is 5.78 Å². The van der Waals surface area contributed by atoms with E-state index in [2.05, 4.69) is 9.97 Å². The molecular formula is C11H8F2N2O. The lowest BCUT2D eigenvalue weighted by Gasteiger charge is -1.99. The molecule has 3 nitrogen and oxygen atoms in total. The fourth-order valence-electron chi connectivity index (χ4n) is 1.40. The lowest BCUT2D eigenvalue weighted by molar-refractivity contribution is 0.0984. The second-order valence-electron chi connectivity index (χ2n) is 3.32. The number of aromatic amines is 1. The zero-order valence-corrected chi connectivity index (χ0v) is 8.21. The van der Waals surface area contributed by atoms with Crippen molar-refractivity contribution in [1.29, 1.82) is 0 Å². The van der Waals surface area contributed by atoms with Crippen LogP contribution in [-0.4, -0.2) is 15.8 Å². The predicted molar refractivity (Wildman–Crippen MR) is 53.0 cm³/mol. The van der Waals surface area contributed by atoms with Gasteiger partial charge in [0.1, 0.15) is 11.6 Å². The van der Waals surface area contributed by atoms with E-state index in [4.69, 9.17) is 0 Å². The molecule has 0 aliphatic rings. The first-order valence-electron chi connectivity index (χ1n) is 4.63. The Hall–Kier alpha value is -2.04. The molecule has 0 fully saturated rings. The van der Waals surface area contributed by atoms with E-state index in [1.54, 1.807) is 0 Å². The second kappa shape index (κ2) is 4.22. The number of Topliss-reactive ketones (excluding diaryl/α,β-unsaturated/α-hetero) is 1. The Kier molecular flexibility index (Phi) is 2.76. The molecule has 1 N–H and O–H groups in total. The van der Waals surface area contributed by atoms with E-state index >= 15 is 0 Å². The summed E-state index contributed by atoms with van der Waals surface area (Å²) in [5.74, 6) is -1.51.